The first-order chi connectivity index (χ1) is 1.73. The van der Waals surface area contributed by atoms with Gasteiger partial charge in [0.15, 0.2) is 0 Å². The van der Waals surface area contributed by atoms with Crippen LogP contribution in [0.15, 0.2) is 0 Å². The predicted octanol–water partition coefficient (Wildman–Crippen LogP) is -1.71. The third-order valence-electron chi connectivity index (χ3n) is 0. The number of rotatable bonds is 0. The average molecular weight is 306 g/mol. The quantitative estimate of drug-likeness (QED) is 0.528. The maximum atomic E-state index is 8.06. The summed E-state index contributed by atoms with van der Waals surface area (Å²) in [5, 5.41) is 8.06. The third-order valence-corrected chi connectivity index (χ3v) is 0. The molecule has 3 heteroatoms. The Hall–Kier alpha value is 1.58. The molecule has 0 rings (SSSR count). The van der Waals surface area contributed by atoms with Gasteiger partial charge in [0, 0.05) is 6.10 Å². The molecule has 0 aliphatic rings. The van der Waals surface area contributed by atoms with Crippen LogP contribution in [0.1, 0.15) is 13.8 Å². The maximum absolute atomic E-state index is 8.06. The Morgan fingerprint density at radius 1 is 1.33 bits per heavy atom. The van der Waals surface area contributed by atoms with Crippen LogP contribution in [-0.4, -0.2) is 59.5 Å². The molecule has 1 nitrogen and oxygen atoms in total. The fourth-order valence-electron chi connectivity index (χ4n) is 0. The van der Waals surface area contributed by atoms with Crippen LogP contribution in [0.4, 0.5) is 0 Å². The summed E-state index contributed by atoms with van der Waals surface area (Å²) in [7, 11) is 0. The second kappa shape index (κ2) is 9.76. The summed E-state index contributed by atoms with van der Waals surface area (Å²) in [4.78, 5) is 0. The monoisotopic (exact) mass is 306 g/mol. The Morgan fingerprint density at radius 3 is 1.33 bits per heavy atom. The van der Waals surface area contributed by atoms with E-state index in [9.17, 15) is 0 Å². The van der Waals surface area contributed by atoms with Crippen molar-refractivity contribution in [1.29, 1.82) is 0 Å². The average Bonchev–Trinajstić information content (AvgIpc) is 0.811. The Labute approximate surface area is 72.9 Å². The molecule has 0 aromatic rings. The molecule has 0 unspecified atom stereocenters. The Morgan fingerprint density at radius 2 is 1.33 bits per heavy atom. The zero-order valence-corrected chi connectivity index (χ0v) is 12.5. The van der Waals surface area contributed by atoms with Gasteiger partial charge in [-0.1, -0.05) is 0 Å². The van der Waals surface area contributed by atoms with Gasteiger partial charge >= 0.3 is 48.3 Å². The van der Waals surface area contributed by atoms with Gasteiger partial charge in [0.1, 0.15) is 0 Å². The fraction of sp³-hybridized carbons (Fsp3) is 1.00. The van der Waals surface area contributed by atoms with Gasteiger partial charge in [0.2, 0.25) is 0 Å². The number of hydrogen-bond acceptors (Lipinski definition) is 1. The van der Waals surface area contributed by atoms with Crippen LogP contribution in [0.5, 0.6) is 0 Å². The van der Waals surface area contributed by atoms with Gasteiger partial charge in [0.25, 0.3) is 0 Å². The van der Waals surface area contributed by atoms with Gasteiger partial charge in [-0.2, -0.15) is 0 Å². The van der Waals surface area contributed by atoms with E-state index in [4.69, 9.17) is 5.11 Å². The van der Waals surface area contributed by atoms with Crippen molar-refractivity contribution in [2.75, 3.05) is 0 Å². The molecule has 0 aromatic heterocycles. The van der Waals surface area contributed by atoms with Crippen LogP contribution in [0.2, 0.25) is 0 Å². The molecule has 0 aromatic carbocycles. The molecular weight excluding hydrogens is 293 g/mol. The second-order valence-electron chi connectivity index (χ2n) is 1.09. The van der Waals surface area contributed by atoms with Crippen LogP contribution in [0.3, 0.4) is 0 Å². The van der Waals surface area contributed by atoms with Gasteiger partial charge in [-0.15, -0.1) is 0 Å². The molecule has 2 radical (unpaired) electrons. The van der Waals surface area contributed by atoms with Crippen molar-refractivity contribution in [3.05, 3.63) is 0 Å². The van der Waals surface area contributed by atoms with Gasteiger partial charge < -0.3 is 5.11 Å². The molecule has 0 bridgehead atoms. The van der Waals surface area contributed by atoms with E-state index in [1.54, 1.807) is 13.8 Å². The minimum absolute atomic E-state index is 0. The normalized spacial score (nSPS) is 6.00. The van der Waals surface area contributed by atoms with E-state index in [1.807, 2.05) is 0 Å². The summed E-state index contributed by atoms with van der Waals surface area (Å²) in [5.41, 5.74) is 0. The number of aliphatic hydroxyl groups excluding tert-OH is 1. The van der Waals surface area contributed by atoms with E-state index in [1.165, 1.54) is 0 Å². The first kappa shape index (κ1) is 15.6. The third kappa shape index (κ3) is 47.0. The first-order valence-electron chi connectivity index (χ1n) is 1.41. The van der Waals surface area contributed by atoms with E-state index in [0.717, 1.165) is 0 Å². The van der Waals surface area contributed by atoms with Crippen LogP contribution < -0.4 is 0 Å². The topological polar surface area (TPSA) is 20.2 Å². The second-order valence-corrected chi connectivity index (χ2v) is 1.09. The SMILES string of the molecule is CC(C)O.[SbH3].[SnH2]. The standard InChI is InChI=1S/C3H8O.Sb.Sn.5H/c1-3(2)4;;;;;;;/h3-4H,1-2H3;;;;;;;. The van der Waals surface area contributed by atoms with Crippen molar-refractivity contribution < 1.29 is 5.11 Å². The summed E-state index contributed by atoms with van der Waals surface area (Å²) in [6.07, 6.45) is -0.167. The van der Waals surface area contributed by atoms with Crippen molar-refractivity contribution in [2.45, 2.75) is 20.0 Å². The Balaban J connectivity index is -0.0000000450. The van der Waals surface area contributed by atoms with Gasteiger partial charge in [0.05, 0.1) is 0 Å². The minimum atomic E-state index is -0.167. The molecule has 0 heterocycles. The molecule has 0 atom stereocenters. The molecule has 6 heavy (non-hydrogen) atoms. The van der Waals surface area contributed by atoms with Crippen molar-refractivity contribution in [3.8, 4) is 0 Å². The molecule has 40 valence electrons. The van der Waals surface area contributed by atoms with E-state index in [2.05, 4.69) is 0 Å². The number of aliphatic hydroxyl groups is 1. The molecule has 0 amide bonds. The summed E-state index contributed by atoms with van der Waals surface area (Å²) < 4.78 is 0. The van der Waals surface area contributed by atoms with Crippen LogP contribution >= 0.6 is 0 Å². The van der Waals surface area contributed by atoms with Crippen LogP contribution in [0.25, 0.3) is 0 Å². The predicted molar refractivity (Wildman–Crippen MR) is 35.8 cm³/mol. The van der Waals surface area contributed by atoms with Crippen LogP contribution in [0, 0.1) is 0 Å². The van der Waals surface area contributed by atoms with Crippen molar-refractivity contribution in [1.82, 2.24) is 0 Å². The van der Waals surface area contributed by atoms with Crippen molar-refractivity contribution in [3.63, 3.8) is 0 Å². The van der Waals surface area contributed by atoms with Gasteiger partial charge in [-0.05, 0) is 13.8 Å². The molecular formula is C3H13OSbSn. The summed E-state index contributed by atoms with van der Waals surface area (Å²) >= 11 is 0. The molecule has 0 saturated carbocycles. The summed E-state index contributed by atoms with van der Waals surface area (Å²) in [6, 6.07) is 0. The van der Waals surface area contributed by atoms with Crippen LogP contribution in [-0.2, 0) is 0 Å². The van der Waals surface area contributed by atoms with Crippen molar-refractivity contribution in [2.24, 2.45) is 0 Å². The van der Waals surface area contributed by atoms with E-state index < -0.39 is 0 Å². The van der Waals surface area contributed by atoms with E-state index in [0.29, 0.717) is 0 Å². The number of hydrogen-bond donors (Lipinski definition) is 1. The first-order valence-corrected chi connectivity index (χ1v) is 1.41. The van der Waals surface area contributed by atoms with Crippen molar-refractivity contribution >= 4 is 48.3 Å². The molecule has 0 spiro atoms. The molecule has 1 N–H and O–H groups in total. The zero-order chi connectivity index (χ0) is 3.58. The zero-order valence-electron chi connectivity index (χ0n) is 4.44. The molecule has 0 aliphatic heterocycles. The Kier molecular flexibility index (Phi) is 25.5. The summed E-state index contributed by atoms with van der Waals surface area (Å²) in [6.45, 7) is 3.44. The fourth-order valence-corrected chi connectivity index (χ4v) is 0. The molecule has 0 aliphatic carbocycles. The van der Waals surface area contributed by atoms with Gasteiger partial charge in [-0.25, -0.2) is 0 Å². The van der Waals surface area contributed by atoms with E-state index >= 15 is 0 Å². The molecule has 0 fully saturated rings. The molecule has 0 saturated heterocycles. The van der Waals surface area contributed by atoms with Gasteiger partial charge in [-0.3, -0.25) is 0 Å². The summed E-state index contributed by atoms with van der Waals surface area (Å²) in [5.74, 6) is 0. The Bertz CT molecular complexity index is 15.5. The van der Waals surface area contributed by atoms with E-state index in [-0.39, 0.29) is 54.4 Å².